The van der Waals surface area contributed by atoms with Crippen LogP contribution in [0, 0.1) is 0 Å². The maximum atomic E-state index is 12.6. The minimum atomic E-state index is -4.61. The number of alkyl halides is 3. The van der Waals surface area contributed by atoms with Gasteiger partial charge in [-0.2, -0.15) is 13.2 Å². The zero-order valence-electron chi connectivity index (χ0n) is 9.32. The molecule has 1 atom stereocenters. The summed E-state index contributed by atoms with van der Waals surface area (Å²) in [7, 11) is 0. The van der Waals surface area contributed by atoms with Gasteiger partial charge in [0.25, 0.3) is 0 Å². The molecule has 0 spiro atoms. The van der Waals surface area contributed by atoms with Crippen molar-refractivity contribution in [3.63, 3.8) is 0 Å². The monoisotopic (exact) mass is 264 g/mol. The fraction of sp³-hybridized carbons (Fsp3) is 0.400. The summed E-state index contributed by atoms with van der Waals surface area (Å²) >= 11 is 0. The van der Waals surface area contributed by atoms with Crippen LogP contribution in [0.25, 0.3) is 0 Å². The van der Waals surface area contributed by atoms with E-state index in [1.807, 2.05) is 0 Å². The summed E-state index contributed by atoms with van der Waals surface area (Å²) in [5.41, 5.74) is -3.20. The Morgan fingerprint density at radius 1 is 1.50 bits per heavy atom. The summed E-state index contributed by atoms with van der Waals surface area (Å²) in [5.74, 6) is -2.06. The first-order valence-corrected chi connectivity index (χ1v) is 4.86. The highest BCUT2D eigenvalue weighted by molar-refractivity contribution is 5.77. The van der Waals surface area contributed by atoms with Crippen LogP contribution in [0.2, 0.25) is 0 Å². The molecule has 0 radical (unpaired) electrons. The third-order valence-corrected chi connectivity index (χ3v) is 2.17. The Balaban J connectivity index is 2.90. The maximum Gasteiger partial charge on any atom is 0.419 e. The highest BCUT2D eigenvalue weighted by atomic mass is 19.4. The Morgan fingerprint density at radius 2 is 2.11 bits per heavy atom. The number of carbonyl (C=O) groups is 1. The Bertz CT molecular complexity index is 446. The van der Waals surface area contributed by atoms with Gasteiger partial charge in [0, 0.05) is 6.20 Å². The molecule has 0 saturated carbocycles. The maximum absolute atomic E-state index is 12.6. The van der Waals surface area contributed by atoms with E-state index < -0.39 is 35.7 Å². The van der Waals surface area contributed by atoms with Crippen molar-refractivity contribution in [1.82, 2.24) is 4.98 Å². The first kappa shape index (κ1) is 14.2. The normalized spacial score (nSPS) is 14.9. The summed E-state index contributed by atoms with van der Waals surface area (Å²) < 4.78 is 37.7. The fourth-order valence-corrected chi connectivity index (χ4v) is 1.11. The summed E-state index contributed by atoms with van der Waals surface area (Å²) in [6.07, 6.45) is -3.47. The molecule has 1 rings (SSSR count). The van der Waals surface area contributed by atoms with Gasteiger partial charge in [-0.05, 0) is 19.1 Å². The molecule has 0 aromatic carbocycles. The molecular formula is C10H11F3N2O3. The Labute approximate surface area is 100 Å². The van der Waals surface area contributed by atoms with Crippen LogP contribution in [0.4, 0.5) is 19.0 Å². The second kappa shape index (κ2) is 4.81. The van der Waals surface area contributed by atoms with Crippen LogP contribution in [0.1, 0.15) is 12.5 Å². The molecule has 0 fully saturated rings. The minimum Gasteiger partial charge on any atom is -0.479 e. The second-order valence-electron chi connectivity index (χ2n) is 3.83. The van der Waals surface area contributed by atoms with E-state index in [-0.39, 0.29) is 0 Å². The SMILES string of the molecule is CC(O)(CNc1ncccc1C(F)(F)F)C(=O)O. The van der Waals surface area contributed by atoms with Gasteiger partial charge in [-0.1, -0.05) is 0 Å². The van der Waals surface area contributed by atoms with Gasteiger partial charge < -0.3 is 15.5 Å². The Hall–Kier alpha value is -1.83. The van der Waals surface area contributed by atoms with E-state index in [1.54, 1.807) is 0 Å². The van der Waals surface area contributed by atoms with Crippen molar-refractivity contribution in [2.45, 2.75) is 18.7 Å². The number of hydrogen-bond donors (Lipinski definition) is 3. The van der Waals surface area contributed by atoms with Crippen molar-refractivity contribution < 1.29 is 28.2 Å². The van der Waals surface area contributed by atoms with Gasteiger partial charge in [0.15, 0.2) is 5.60 Å². The lowest BCUT2D eigenvalue weighted by atomic mass is 10.1. The van der Waals surface area contributed by atoms with Crippen LogP contribution in [-0.4, -0.2) is 33.3 Å². The average molecular weight is 264 g/mol. The molecule has 5 nitrogen and oxygen atoms in total. The Kier molecular flexibility index (Phi) is 3.80. The van der Waals surface area contributed by atoms with Crippen LogP contribution < -0.4 is 5.32 Å². The number of carboxylic acids is 1. The minimum absolute atomic E-state index is 0.522. The van der Waals surface area contributed by atoms with E-state index in [0.29, 0.717) is 0 Å². The molecular weight excluding hydrogens is 253 g/mol. The molecule has 1 aromatic heterocycles. The van der Waals surface area contributed by atoms with Crippen LogP contribution in [0.5, 0.6) is 0 Å². The molecule has 8 heteroatoms. The fourth-order valence-electron chi connectivity index (χ4n) is 1.11. The van der Waals surface area contributed by atoms with Crippen LogP contribution in [-0.2, 0) is 11.0 Å². The van der Waals surface area contributed by atoms with Crippen LogP contribution in [0.15, 0.2) is 18.3 Å². The zero-order valence-corrected chi connectivity index (χ0v) is 9.32. The zero-order chi connectivity index (χ0) is 14.0. The quantitative estimate of drug-likeness (QED) is 0.764. The third-order valence-electron chi connectivity index (χ3n) is 2.17. The lowest BCUT2D eigenvalue weighted by Gasteiger charge is -2.20. The molecule has 0 bridgehead atoms. The number of aliphatic carboxylic acids is 1. The highest BCUT2D eigenvalue weighted by Crippen LogP contribution is 2.33. The van der Waals surface area contributed by atoms with Gasteiger partial charge in [0.1, 0.15) is 5.82 Å². The highest BCUT2D eigenvalue weighted by Gasteiger charge is 2.35. The molecule has 18 heavy (non-hydrogen) atoms. The van der Waals surface area contributed by atoms with Gasteiger partial charge >= 0.3 is 12.1 Å². The summed E-state index contributed by atoms with van der Waals surface area (Å²) in [4.78, 5) is 14.1. The first-order chi connectivity index (χ1) is 8.14. The molecule has 1 aromatic rings. The largest absolute Gasteiger partial charge is 0.479 e. The van der Waals surface area contributed by atoms with Crippen molar-refractivity contribution in [2.24, 2.45) is 0 Å². The average Bonchev–Trinajstić information content (AvgIpc) is 2.25. The van der Waals surface area contributed by atoms with E-state index in [2.05, 4.69) is 10.3 Å². The van der Waals surface area contributed by atoms with E-state index in [0.717, 1.165) is 25.3 Å². The van der Waals surface area contributed by atoms with Gasteiger partial charge in [-0.15, -0.1) is 0 Å². The number of anilines is 1. The second-order valence-corrected chi connectivity index (χ2v) is 3.83. The third kappa shape index (κ3) is 3.33. The number of rotatable bonds is 4. The molecule has 1 unspecified atom stereocenters. The van der Waals surface area contributed by atoms with E-state index in [1.165, 1.54) is 0 Å². The number of aliphatic hydroxyl groups is 1. The molecule has 0 aliphatic heterocycles. The van der Waals surface area contributed by atoms with Gasteiger partial charge in [-0.25, -0.2) is 9.78 Å². The molecule has 0 aliphatic rings. The van der Waals surface area contributed by atoms with Crippen molar-refractivity contribution in [2.75, 3.05) is 11.9 Å². The Morgan fingerprint density at radius 3 is 2.61 bits per heavy atom. The molecule has 0 amide bonds. The van der Waals surface area contributed by atoms with E-state index in [9.17, 15) is 23.1 Å². The van der Waals surface area contributed by atoms with Crippen molar-refractivity contribution in [1.29, 1.82) is 0 Å². The number of hydrogen-bond acceptors (Lipinski definition) is 4. The van der Waals surface area contributed by atoms with Crippen molar-refractivity contribution in [3.05, 3.63) is 23.9 Å². The topological polar surface area (TPSA) is 82.5 Å². The predicted octanol–water partition coefficient (Wildman–Crippen LogP) is 1.35. The van der Waals surface area contributed by atoms with Crippen molar-refractivity contribution >= 4 is 11.8 Å². The number of aromatic nitrogens is 1. The summed E-state index contributed by atoms with van der Waals surface area (Å²) in [6, 6.07) is 1.92. The summed E-state index contributed by atoms with van der Waals surface area (Å²) in [6.45, 7) is 0.376. The lowest BCUT2D eigenvalue weighted by molar-refractivity contribution is -0.155. The van der Waals surface area contributed by atoms with Gasteiger partial charge in [0.2, 0.25) is 0 Å². The molecule has 3 N–H and O–H groups in total. The van der Waals surface area contributed by atoms with Crippen molar-refractivity contribution in [3.8, 4) is 0 Å². The van der Waals surface area contributed by atoms with Crippen LogP contribution in [0.3, 0.4) is 0 Å². The molecule has 0 saturated heterocycles. The molecule has 1 heterocycles. The van der Waals surface area contributed by atoms with E-state index >= 15 is 0 Å². The number of nitrogens with one attached hydrogen (secondary N) is 1. The van der Waals surface area contributed by atoms with Gasteiger partial charge in [0.05, 0.1) is 12.1 Å². The molecule has 100 valence electrons. The lowest BCUT2D eigenvalue weighted by Crippen LogP contribution is -2.42. The predicted molar refractivity (Wildman–Crippen MR) is 56.0 cm³/mol. The number of nitrogens with zero attached hydrogens (tertiary/aromatic N) is 1. The molecule has 0 aliphatic carbocycles. The van der Waals surface area contributed by atoms with E-state index in [4.69, 9.17) is 5.11 Å². The number of carboxylic acid groups (broad SMARTS) is 1. The van der Waals surface area contributed by atoms with Gasteiger partial charge in [-0.3, -0.25) is 0 Å². The first-order valence-electron chi connectivity index (χ1n) is 4.86. The van der Waals surface area contributed by atoms with Crippen LogP contribution >= 0.6 is 0 Å². The number of halogens is 3. The standard InChI is InChI=1S/C10H11F3N2O3/c1-9(18,8(16)17)5-15-7-6(10(11,12)13)3-2-4-14-7/h2-4,18H,5H2,1H3,(H,14,15)(H,16,17). The smallest absolute Gasteiger partial charge is 0.419 e. The summed E-state index contributed by atoms with van der Waals surface area (Å²) in [5, 5.41) is 20.2. The number of pyridine rings is 1.